The van der Waals surface area contributed by atoms with Crippen LogP contribution in [0.4, 0.5) is 0 Å². The van der Waals surface area contributed by atoms with Crippen LogP contribution in [0.3, 0.4) is 0 Å². The van der Waals surface area contributed by atoms with E-state index < -0.39 is 11.7 Å². The summed E-state index contributed by atoms with van der Waals surface area (Å²) >= 11 is 0. The third-order valence-electron chi connectivity index (χ3n) is 5.46. The molecule has 100 valence electrons. The van der Waals surface area contributed by atoms with Crippen molar-refractivity contribution >= 4 is 12.1 Å². The first-order chi connectivity index (χ1) is 8.53. The first-order valence-electron chi connectivity index (χ1n) is 6.81. The van der Waals surface area contributed by atoms with Gasteiger partial charge in [0.1, 0.15) is 12.1 Å². The van der Waals surface area contributed by atoms with Crippen LogP contribution < -0.4 is 0 Å². The van der Waals surface area contributed by atoms with Crippen LogP contribution in [0.2, 0.25) is 0 Å². The van der Waals surface area contributed by atoms with Crippen molar-refractivity contribution in [2.45, 2.75) is 38.9 Å². The molecule has 2 saturated carbocycles. The first kappa shape index (κ1) is 12.3. The number of hydrogen-bond donors (Lipinski definition) is 0. The fourth-order valence-corrected chi connectivity index (χ4v) is 4.27. The van der Waals surface area contributed by atoms with Gasteiger partial charge in [-0.15, -0.1) is 0 Å². The van der Waals surface area contributed by atoms with Crippen LogP contribution in [-0.4, -0.2) is 31.1 Å². The minimum absolute atomic E-state index is 0.127. The summed E-state index contributed by atoms with van der Waals surface area (Å²) < 4.78 is 11.7. The molecular formula is C14H20O4. The summed E-state index contributed by atoms with van der Waals surface area (Å²) in [7, 11) is 0. The summed E-state index contributed by atoms with van der Waals surface area (Å²) in [5, 5.41) is 0. The molecule has 1 heterocycles. The van der Waals surface area contributed by atoms with Gasteiger partial charge >= 0.3 is 0 Å². The highest BCUT2D eigenvalue weighted by molar-refractivity contribution is 5.99. The van der Waals surface area contributed by atoms with Gasteiger partial charge in [-0.1, -0.05) is 13.8 Å². The minimum Gasteiger partial charge on any atom is -0.347 e. The van der Waals surface area contributed by atoms with E-state index in [2.05, 4.69) is 6.92 Å². The van der Waals surface area contributed by atoms with E-state index >= 15 is 0 Å². The van der Waals surface area contributed by atoms with Crippen LogP contribution in [0.15, 0.2) is 0 Å². The number of Topliss-reactive ketones (excluding diaryl/α,β-unsaturated/α-hetero) is 1. The van der Waals surface area contributed by atoms with Gasteiger partial charge in [-0.25, -0.2) is 0 Å². The number of aldehydes is 1. The lowest BCUT2D eigenvalue weighted by atomic mass is 9.62. The molecule has 0 bridgehead atoms. The predicted molar refractivity (Wildman–Crippen MR) is 63.8 cm³/mol. The molecule has 1 unspecified atom stereocenters. The van der Waals surface area contributed by atoms with Crippen LogP contribution in [0, 0.1) is 23.2 Å². The Kier molecular flexibility index (Phi) is 2.65. The van der Waals surface area contributed by atoms with Gasteiger partial charge in [0.2, 0.25) is 0 Å². The third-order valence-corrected chi connectivity index (χ3v) is 5.46. The predicted octanol–water partition coefficient (Wildman–Crippen LogP) is 1.57. The molecule has 1 spiro atoms. The Labute approximate surface area is 107 Å². The number of ether oxygens (including phenoxy) is 2. The zero-order valence-electron chi connectivity index (χ0n) is 11.0. The van der Waals surface area contributed by atoms with Crippen molar-refractivity contribution < 1.29 is 19.1 Å². The maximum Gasteiger partial charge on any atom is 0.171 e. The van der Waals surface area contributed by atoms with Crippen LogP contribution in [0.5, 0.6) is 0 Å². The lowest BCUT2D eigenvalue weighted by molar-refractivity contribution is -0.235. The molecule has 4 atom stereocenters. The van der Waals surface area contributed by atoms with E-state index in [4.69, 9.17) is 9.47 Å². The molecule has 2 aliphatic carbocycles. The molecule has 3 rings (SSSR count). The van der Waals surface area contributed by atoms with Gasteiger partial charge in [-0.3, -0.25) is 4.79 Å². The lowest BCUT2D eigenvalue weighted by Gasteiger charge is -2.48. The standard InChI is InChI=1S/C14H20O4/c1-9-11-7-10(8-15)12(16)13(11,2)3-4-14(9)17-5-6-18-14/h8-11H,3-7H2,1-2H3/t9-,10?,11-,13-/m0/s1. The topological polar surface area (TPSA) is 52.6 Å². The van der Waals surface area contributed by atoms with Gasteiger partial charge in [0.15, 0.2) is 5.79 Å². The first-order valence-corrected chi connectivity index (χ1v) is 6.81. The van der Waals surface area contributed by atoms with Gasteiger partial charge in [0, 0.05) is 17.8 Å². The van der Waals surface area contributed by atoms with Crippen LogP contribution in [0.1, 0.15) is 33.1 Å². The summed E-state index contributed by atoms with van der Waals surface area (Å²) in [5.74, 6) is -0.414. The van der Waals surface area contributed by atoms with Crippen LogP contribution >= 0.6 is 0 Å². The van der Waals surface area contributed by atoms with Crippen LogP contribution in [0.25, 0.3) is 0 Å². The number of ketones is 1. The third kappa shape index (κ3) is 1.39. The maximum absolute atomic E-state index is 12.3. The number of hydrogen-bond acceptors (Lipinski definition) is 4. The molecule has 0 aromatic carbocycles. The Hall–Kier alpha value is -0.740. The highest BCUT2D eigenvalue weighted by Gasteiger charge is 2.62. The van der Waals surface area contributed by atoms with Crippen molar-refractivity contribution in [2.24, 2.45) is 23.2 Å². The van der Waals surface area contributed by atoms with Gasteiger partial charge in [-0.2, -0.15) is 0 Å². The second-order valence-electron chi connectivity index (χ2n) is 6.16. The molecule has 18 heavy (non-hydrogen) atoms. The van der Waals surface area contributed by atoms with Crippen molar-refractivity contribution in [1.82, 2.24) is 0 Å². The van der Waals surface area contributed by atoms with Crippen LogP contribution in [-0.2, 0) is 19.1 Å². The molecule has 4 heteroatoms. The Morgan fingerprint density at radius 2 is 1.94 bits per heavy atom. The number of carbonyl (C=O) groups excluding carboxylic acids is 2. The zero-order chi connectivity index (χ0) is 13.0. The average molecular weight is 252 g/mol. The number of fused-ring (bicyclic) bond motifs is 1. The molecule has 1 aliphatic heterocycles. The fraction of sp³-hybridized carbons (Fsp3) is 0.857. The van der Waals surface area contributed by atoms with Crippen molar-refractivity contribution in [3.05, 3.63) is 0 Å². The SMILES string of the molecule is C[C@H]1[C@@H]2CC(C=O)C(=O)[C@@]2(C)CCC12OCCO2. The molecule has 3 fully saturated rings. The van der Waals surface area contributed by atoms with E-state index in [0.717, 1.165) is 19.1 Å². The van der Waals surface area contributed by atoms with E-state index in [0.29, 0.717) is 19.6 Å². The highest BCUT2D eigenvalue weighted by Crippen LogP contribution is 2.58. The molecule has 1 saturated heterocycles. The van der Waals surface area contributed by atoms with Crippen molar-refractivity contribution in [2.75, 3.05) is 13.2 Å². The Morgan fingerprint density at radius 3 is 2.56 bits per heavy atom. The van der Waals surface area contributed by atoms with E-state index in [-0.39, 0.29) is 23.0 Å². The summed E-state index contributed by atoms with van der Waals surface area (Å²) in [5.41, 5.74) is -0.356. The number of rotatable bonds is 1. The summed E-state index contributed by atoms with van der Waals surface area (Å²) in [6.45, 7) is 5.40. The molecule has 0 aromatic rings. The smallest absolute Gasteiger partial charge is 0.171 e. The summed E-state index contributed by atoms with van der Waals surface area (Å²) in [6, 6.07) is 0. The van der Waals surface area contributed by atoms with Gasteiger partial charge in [0.05, 0.1) is 19.1 Å². The zero-order valence-corrected chi connectivity index (χ0v) is 11.0. The minimum atomic E-state index is -0.498. The molecule has 3 aliphatic rings. The molecule has 4 nitrogen and oxygen atoms in total. The molecule has 0 aromatic heterocycles. The van der Waals surface area contributed by atoms with E-state index in [9.17, 15) is 9.59 Å². The van der Waals surface area contributed by atoms with Crippen molar-refractivity contribution in [3.8, 4) is 0 Å². The molecule has 0 radical (unpaired) electrons. The highest BCUT2D eigenvalue weighted by atomic mass is 16.7. The fourth-order valence-electron chi connectivity index (χ4n) is 4.27. The summed E-state index contributed by atoms with van der Waals surface area (Å²) in [6.07, 6.45) is 3.01. The van der Waals surface area contributed by atoms with Crippen molar-refractivity contribution in [3.63, 3.8) is 0 Å². The van der Waals surface area contributed by atoms with E-state index in [1.165, 1.54) is 0 Å². The van der Waals surface area contributed by atoms with Gasteiger partial charge in [-0.05, 0) is 18.8 Å². The van der Waals surface area contributed by atoms with Gasteiger partial charge < -0.3 is 14.3 Å². The molecular weight excluding hydrogens is 232 g/mol. The number of carbonyl (C=O) groups is 2. The van der Waals surface area contributed by atoms with Gasteiger partial charge in [0.25, 0.3) is 0 Å². The largest absolute Gasteiger partial charge is 0.347 e. The Morgan fingerprint density at radius 1 is 1.28 bits per heavy atom. The van der Waals surface area contributed by atoms with E-state index in [1.807, 2.05) is 6.92 Å². The van der Waals surface area contributed by atoms with Crippen molar-refractivity contribution in [1.29, 1.82) is 0 Å². The normalized spacial score (nSPS) is 46.3. The molecule has 0 N–H and O–H groups in total. The quantitative estimate of drug-likeness (QED) is 0.525. The Balaban J connectivity index is 1.92. The second-order valence-corrected chi connectivity index (χ2v) is 6.16. The maximum atomic E-state index is 12.3. The van der Waals surface area contributed by atoms with E-state index in [1.54, 1.807) is 0 Å². The average Bonchev–Trinajstić information content (AvgIpc) is 2.93. The molecule has 0 amide bonds. The second kappa shape index (κ2) is 3.87. The lowest BCUT2D eigenvalue weighted by Crippen LogP contribution is -2.51. The Bertz CT molecular complexity index is 385. The summed E-state index contributed by atoms with van der Waals surface area (Å²) in [4.78, 5) is 23.4. The monoisotopic (exact) mass is 252 g/mol.